The Labute approximate surface area is 176 Å². The molecule has 8 nitrogen and oxygen atoms in total. The minimum absolute atomic E-state index is 0.0308. The molecule has 1 aliphatic rings. The zero-order chi connectivity index (χ0) is 20.2. The van der Waals surface area contributed by atoms with E-state index in [-0.39, 0.29) is 18.5 Å². The number of carbonyl (C=O) groups excluding carboxylic acids is 2. The number of benzene rings is 2. The molecule has 2 heterocycles. The van der Waals surface area contributed by atoms with Crippen LogP contribution in [0.4, 0.5) is 10.5 Å². The van der Waals surface area contributed by atoms with Gasteiger partial charge in [0.05, 0.1) is 12.6 Å². The van der Waals surface area contributed by atoms with Crippen LogP contribution in [0.2, 0.25) is 0 Å². The van der Waals surface area contributed by atoms with Crippen LogP contribution >= 0.6 is 15.9 Å². The Balaban J connectivity index is 1.24. The Morgan fingerprint density at radius 2 is 1.62 bits per heavy atom. The topological polar surface area (TPSA) is 92.2 Å². The molecular weight excluding hydrogens is 436 g/mol. The third kappa shape index (κ3) is 4.73. The lowest BCUT2D eigenvalue weighted by Gasteiger charge is -2.31. The van der Waals surface area contributed by atoms with Gasteiger partial charge in [-0.3, -0.25) is 4.79 Å². The molecule has 3 aromatic rings. The first-order valence-corrected chi connectivity index (χ1v) is 10.3. The normalized spacial score (nSPS) is 14.7. The third-order valence-electron chi connectivity index (χ3n) is 4.95. The number of piperidine rings is 1. The Hall–Kier alpha value is -2.94. The number of aromatic nitrogens is 3. The van der Waals surface area contributed by atoms with Crippen molar-refractivity contribution in [3.8, 4) is 0 Å². The minimum Gasteiger partial charge on any atom is -0.341 e. The molecule has 29 heavy (non-hydrogen) atoms. The van der Waals surface area contributed by atoms with Crippen molar-refractivity contribution < 1.29 is 9.59 Å². The number of anilines is 1. The second kappa shape index (κ2) is 8.60. The number of likely N-dealkylation sites (tertiary alicyclic amines) is 1. The largest absolute Gasteiger partial charge is 0.341 e. The van der Waals surface area contributed by atoms with Crippen LogP contribution in [0.15, 0.2) is 53.0 Å². The van der Waals surface area contributed by atoms with Crippen molar-refractivity contribution in [3.05, 3.63) is 53.0 Å². The highest BCUT2D eigenvalue weighted by Crippen LogP contribution is 2.22. The lowest BCUT2D eigenvalue weighted by Crippen LogP contribution is -2.45. The van der Waals surface area contributed by atoms with Crippen molar-refractivity contribution in [3.63, 3.8) is 0 Å². The standard InChI is InChI=1S/C20H21BrN6O2/c21-14-5-7-15(8-6-14)23-20(29)22-13-19(28)26-11-9-16(10-12-26)27-24-17-3-1-2-4-18(17)25-27/h1-8,16H,9-13H2,(H2,22,23,29). The van der Waals surface area contributed by atoms with E-state index in [9.17, 15) is 9.59 Å². The summed E-state index contributed by atoms with van der Waals surface area (Å²) in [6.07, 6.45) is 1.58. The molecule has 150 valence electrons. The van der Waals surface area contributed by atoms with E-state index in [4.69, 9.17) is 0 Å². The highest BCUT2D eigenvalue weighted by molar-refractivity contribution is 9.10. The molecule has 0 unspecified atom stereocenters. The van der Waals surface area contributed by atoms with Crippen LogP contribution in [-0.2, 0) is 4.79 Å². The van der Waals surface area contributed by atoms with E-state index in [2.05, 4.69) is 36.8 Å². The summed E-state index contributed by atoms with van der Waals surface area (Å²) in [4.78, 5) is 28.0. The van der Waals surface area contributed by atoms with Crippen LogP contribution in [-0.4, -0.2) is 51.5 Å². The number of halogens is 1. The molecule has 1 fully saturated rings. The predicted octanol–water partition coefficient (Wildman–Crippen LogP) is 3.18. The van der Waals surface area contributed by atoms with E-state index in [0.717, 1.165) is 28.3 Å². The first-order chi connectivity index (χ1) is 14.1. The fraction of sp³-hybridized carbons (Fsp3) is 0.300. The Morgan fingerprint density at radius 3 is 2.24 bits per heavy atom. The van der Waals surface area contributed by atoms with Gasteiger partial charge in [-0.15, -0.1) is 0 Å². The number of fused-ring (bicyclic) bond motifs is 1. The monoisotopic (exact) mass is 456 g/mol. The van der Waals surface area contributed by atoms with E-state index < -0.39 is 6.03 Å². The molecule has 3 amide bonds. The number of nitrogens with one attached hydrogen (secondary N) is 2. The fourth-order valence-corrected chi connectivity index (χ4v) is 3.63. The molecule has 1 aliphatic heterocycles. The second-order valence-corrected chi connectivity index (χ2v) is 7.85. The smallest absolute Gasteiger partial charge is 0.319 e. The van der Waals surface area contributed by atoms with Gasteiger partial charge in [0.25, 0.3) is 0 Å². The maximum Gasteiger partial charge on any atom is 0.319 e. The van der Waals surface area contributed by atoms with Crippen molar-refractivity contribution in [2.45, 2.75) is 18.9 Å². The summed E-state index contributed by atoms with van der Waals surface area (Å²) < 4.78 is 0.931. The molecule has 9 heteroatoms. The summed E-state index contributed by atoms with van der Waals surface area (Å²) in [6.45, 7) is 1.21. The number of hydrogen-bond donors (Lipinski definition) is 2. The summed E-state index contributed by atoms with van der Waals surface area (Å²) in [5.74, 6) is -0.0898. The lowest BCUT2D eigenvalue weighted by molar-refractivity contribution is -0.131. The van der Waals surface area contributed by atoms with Crippen molar-refractivity contribution in [2.24, 2.45) is 0 Å². The molecule has 1 saturated heterocycles. The van der Waals surface area contributed by atoms with Crippen LogP contribution < -0.4 is 10.6 Å². The van der Waals surface area contributed by atoms with Gasteiger partial charge >= 0.3 is 6.03 Å². The van der Waals surface area contributed by atoms with Crippen molar-refractivity contribution >= 4 is 44.6 Å². The molecule has 0 radical (unpaired) electrons. The molecule has 0 saturated carbocycles. The van der Waals surface area contributed by atoms with Gasteiger partial charge in [-0.05, 0) is 49.2 Å². The van der Waals surface area contributed by atoms with Gasteiger partial charge in [0.1, 0.15) is 11.0 Å². The van der Waals surface area contributed by atoms with E-state index in [0.29, 0.717) is 18.8 Å². The van der Waals surface area contributed by atoms with Crippen LogP contribution in [0.25, 0.3) is 11.0 Å². The first kappa shape index (κ1) is 19.4. The van der Waals surface area contributed by atoms with Crippen LogP contribution in [0, 0.1) is 0 Å². The number of carbonyl (C=O) groups is 2. The van der Waals surface area contributed by atoms with Crippen LogP contribution in [0.5, 0.6) is 0 Å². The highest BCUT2D eigenvalue weighted by Gasteiger charge is 2.25. The highest BCUT2D eigenvalue weighted by atomic mass is 79.9. The number of nitrogens with zero attached hydrogens (tertiary/aromatic N) is 4. The maximum atomic E-state index is 12.4. The fourth-order valence-electron chi connectivity index (χ4n) is 3.36. The molecule has 0 atom stereocenters. The average molecular weight is 457 g/mol. The number of amides is 3. The Kier molecular flexibility index (Phi) is 5.75. The SMILES string of the molecule is O=C(NCC(=O)N1CCC(n2nc3ccccc3n2)CC1)Nc1ccc(Br)cc1. The maximum absolute atomic E-state index is 12.4. The zero-order valence-corrected chi connectivity index (χ0v) is 17.3. The summed E-state index contributed by atoms with van der Waals surface area (Å²) in [5, 5.41) is 14.4. The molecule has 0 aliphatic carbocycles. The predicted molar refractivity (Wildman–Crippen MR) is 114 cm³/mol. The Bertz CT molecular complexity index is 978. The number of rotatable bonds is 4. The third-order valence-corrected chi connectivity index (χ3v) is 5.48. The van der Waals surface area contributed by atoms with E-state index in [1.807, 2.05) is 36.4 Å². The van der Waals surface area contributed by atoms with Gasteiger partial charge in [0.2, 0.25) is 5.91 Å². The van der Waals surface area contributed by atoms with Crippen molar-refractivity contribution in [1.82, 2.24) is 25.2 Å². The molecule has 4 rings (SSSR count). The Morgan fingerprint density at radius 1 is 1.00 bits per heavy atom. The lowest BCUT2D eigenvalue weighted by atomic mass is 10.1. The number of urea groups is 1. The van der Waals surface area contributed by atoms with Gasteiger partial charge in [-0.25, -0.2) is 4.79 Å². The quantitative estimate of drug-likeness (QED) is 0.630. The summed E-state index contributed by atoms with van der Waals surface area (Å²) in [6, 6.07) is 14.8. The van der Waals surface area contributed by atoms with Gasteiger partial charge in [-0.2, -0.15) is 15.0 Å². The minimum atomic E-state index is -0.400. The van der Waals surface area contributed by atoms with Crippen LogP contribution in [0.1, 0.15) is 18.9 Å². The molecular formula is C20H21BrN6O2. The zero-order valence-electron chi connectivity index (χ0n) is 15.7. The van der Waals surface area contributed by atoms with E-state index in [1.54, 1.807) is 21.8 Å². The van der Waals surface area contributed by atoms with Crippen molar-refractivity contribution in [1.29, 1.82) is 0 Å². The van der Waals surface area contributed by atoms with Crippen molar-refractivity contribution in [2.75, 3.05) is 25.0 Å². The molecule has 2 aromatic carbocycles. The second-order valence-electron chi connectivity index (χ2n) is 6.94. The summed E-state index contributed by atoms with van der Waals surface area (Å²) in [5.41, 5.74) is 2.43. The number of hydrogen-bond acceptors (Lipinski definition) is 4. The summed E-state index contributed by atoms with van der Waals surface area (Å²) in [7, 11) is 0. The summed E-state index contributed by atoms with van der Waals surface area (Å²) >= 11 is 3.35. The van der Waals surface area contributed by atoms with Gasteiger partial charge in [0.15, 0.2) is 0 Å². The van der Waals surface area contributed by atoms with E-state index >= 15 is 0 Å². The molecule has 1 aromatic heterocycles. The molecule has 2 N–H and O–H groups in total. The van der Waals surface area contributed by atoms with Crippen LogP contribution in [0.3, 0.4) is 0 Å². The first-order valence-electron chi connectivity index (χ1n) is 9.48. The molecule has 0 spiro atoms. The van der Waals surface area contributed by atoms with Gasteiger partial charge < -0.3 is 15.5 Å². The molecule has 0 bridgehead atoms. The van der Waals surface area contributed by atoms with E-state index in [1.165, 1.54) is 0 Å². The van der Waals surface area contributed by atoms with Gasteiger partial charge in [0, 0.05) is 23.2 Å². The average Bonchev–Trinajstić information content (AvgIpc) is 3.18. The van der Waals surface area contributed by atoms with Gasteiger partial charge in [-0.1, -0.05) is 28.1 Å².